The second-order valence-electron chi connectivity index (χ2n) is 6.73. The third-order valence-electron chi connectivity index (χ3n) is 3.80. The molecule has 0 bridgehead atoms. The van der Waals surface area contributed by atoms with Crippen LogP contribution in [-0.2, 0) is 6.54 Å². The maximum absolute atomic E-state index is 11.7. The van der Waals surface area contributed by atoms with Gasteiger partial charge in [0.2, 0.25) is 0 Å². The van der Waals surface area contributed by atoms with Crippen LogP contribution >= 0.6 is 24.0 Å². The van der Waals surface area contributed by atoms with E-state index in [9.17, 15) is 4.79 Å². The van der Waals surface area contributed by atoms with Crippen molar-refractivity contribution in [3.63, 3.8) is 0 Å². The van der Waals surface area contributed by atoms with Gasteiger partial charge in [-0.15, -0.1) is 24.0 Å². The highest BCUT2D eigenvalue weighted by molar-refractivity contribution is 14.0. The molecular formula is C22H32IN5O2. The lowest BCUT2D eigenvalue weighted by molar-refractivity contribution is 0.250. The summed E-state index contributed by atoms with van der Waals surface area (Å²) >= 11 is 0. The average Bonchev–Trinajstić information content (AvgIpc) is 2.70. The van der Waals surface area contributed by atoms with Crippen molar-refractivity contribution in [2.45, 2.75) is 33.4 Å². The fraction of sp³-hybridized carbons (Fsp3) is 0.364. The molecule has 0 aromatic heterocycles. The minimum Gasteiger partial charge on any atom is -0.492 e. The number of guanidine groups is 1. The van der Waals surface area contributed by atoms with E-state index in [1.165, 1.54) is 0 Å². The van der Waals surface area contributed by atoms with Crippen LogP contribution in [0.2, 0.25) is 0 Å². The van der Waals surface area contributed by atoms with Gasteiger partial charge < -0.3 is 26.0 Å². The number of hydrogen-bond acceptors (Lipinski definition) is 3. The van der Waals surface area contributed by atoms with E-state index < -0.39 is 0 Å². The van der Waals surface area contributed by atoms with E-state index in [0.717, 1.165) is 29.5 Å². The summed E-state index contributed by atoms with van der Waals surface area (Å²) in [5.41, 5.74) is 1.80. The number of aliphatic imine (C=N–C) groups is 1. The first-order valence-electron chi connectivity index (χ1n) is 9.93. The Labute approximate surface area is 196 Å². The van der Waals surface area contributed by atoms with Gasteiger partial charge in [-0.2, -0.15) is 0 Å². The molecule has 0 atom stereocenters. The minimum absolute atomic E-state index is 0. The number of anilines is 1. The molecule has 2 amide bonds. The largest absolute Gasteiger partial charge is 0.492 e. The van der Waals surface area contributed by atoms with Crippen LogP contribution in [0.15, 0.2) is 59.6 Å². The van der Waals surface area contributed by atoms with Crippen LogP contribution in [0.25, 0.3) is 0 Å². The summed E-state index contributed by atoms with van der Waals surface area (Å²) in [6.45, 7) is 8.38. The van der Waals surface area contributed by atoms with Gasteiger partial charge >= 0.3 is 6.03 Å². The molecule has 4 N–H and O–H groups in total. The standard InChI is InChI=1S/C22H31N5O2.HI/c1-4-23-21(24-14-15-29-20-8-6-5-7-9-20)25-16-18-10-12-19(13-11-18)27-22(28)26-17(2)3;/h5-13,17H,4,14-16H2,1-3H3,(H2,23,24,25)(H2,26,27,28);1H. The van der Waals surface area contributed by atoms with Crippen LogP contribution < -0.4 is 26.0 Å². The third-order valence-corrected chi connectivity index (χ3v) is 3.80. The van der Waals surface area contributed by atoms with Crippen LogP contribution in [0.4, 0.5) is 10.5 Å². The number of carbonyl (C=O) groups excluding carboxylic acids is 1. The summed E-state index contributed by atoms with van der Waals surface area (Å²) in [7, 11) is 0. The smallest absolute Gasteiger partial charge is 0.319 e. The highest BCUT2D eigenvalue weighted by Crippen LogP contribution is 2.10. The summed E-state index contributed by atoms with van der Waals surface area (Å²) in [4.78, 5) is 16.3. The van der Waals surface area contributed by atoms with Crippen molar-refractivity contribution < 1.29 is 9.53 Å². The van der Waals surface area contributed by atoms with Crippen LogP contribution in [0.5, 0.6) is 5.75 Å². The van der Waals surface area contributed by atoms with E-state index in [1.807, 2.05) is 75.4 Å². The number of ether oxygens (including phenoxy) is 1. The number of halogens is 1. The van der Waals surface area contributed by atoms with Crippen molar-refractivity contribution >= 4 is 41.7 Å². The SMILES string of the molecule is CCNC(=NCc1ccc(NC(=O)NC(C)C)cc1)NCCOc1ccccc1.I. The fourth-order valence-electron chi connectivity index (χ4n) is 2.49. The average molecular weight is 525 g/mol. The molecule has 0 aliphatic rings. The van der Waals surface area contributed by atoms with Gasteiger partial charge in [0.25, 0.3) is 0 Å². The first-order chi connectivity index (χ1) is 14.1. The molecule has 0 saturated carbocycles. The molecule has 0 heterocycles. The van der Waals surface area contributed by atoms with Gasteiger partial charge in [0.05, 0.1) is 13.1 Å². The molecule has 2 aromatic carbocycles. The third kappa shape index (κ3) is 10.3. The van der Waals surface area contributed by atoms with Gasteiger partial charge in [-0.3, -0.25) is 0 Å². The van der Waals surface area contributed by atoms with Crippen molar-refractivity contribution in [1.82, 2.24) is 16.0 Å². The van der Waals surface area contributed by atoms with Crippen molar-refractivity contribution in [1.29, 1.82) is 0 Å². The Morgan fingerprint density at radius 1 is 1.03 bits per heavy atom. The van der Waals surface area contributed by atoms with Gasteiger partial charge in [-0.1, -0.05) is 30.3 Å². The molecule has 0 saturated heterocycles. The van der Waals surface area contributed by atoms with Gasteiger partial charge in [0, 0.05) is 18.3 Å². The van der Waals surface area contributed by atoms with E-state index in [0.29, 0.717) is 19.7 Å². The normalized spacial score (nSPS) is 10.7. The van der Waals surface area contributed by atoms with E-state index >= 15 is 0 Å². The maximum atomic E-state index is 11.7. The van der Waals surface area contributed by atoms with Gasteiger partial charge in [0.15, 0.2) is 5.96 Å². The number of hydrogen-bond donors (Lipinski definition) is 4. The quantitative estimate of drug-likeness (QED) is 0.173. The zero-order valence-electron chi connectivity index (χ0n) is 17.8. The number of amides is 2. The highest BCUT2D eigenvalue weighted by atomic mass is 127. The summed E-state index contributed by atoms with van der Waals surface area (Å²) < 4.78 is 5.68. The molecule has 8 heteroatoms. The Balaban J connectivity index is 0.00000450. The molecule has 0 aliphatic carbocycles. The van der Waals surface area contributed by atoms with Crippen molar-refractivity contribution in [2.24, 2.45) is 4.99 Å². The number of carbonyl (C=O) groups is 1. The lowest BCUT2D eigenvalue weighted by Crippen LogP contribution is -2.39. The maximum Gasteiger partial charge on any atom is 0.319 e. The number of urea groups is 1. The minimum atomic E-state index is -0.206. The highest BCUT2D eigenvalue weighted by Gasteiger charge is 2.03. The molecule has 0 radical (unpaired) electrons. The van der Waals surface area contributed by atoms with Crippen molar-refractivity contribution in [3.8, 4) is 5.75 Å². The zero-order valence-corrected chi connectivity index (χ0v) is 20.1. The van der Waals surface area contributed by atoms with Crippen molar-refractivity contribution in [2.75, 3.05) is 25.0 Å². The topological polar surface area (TPSA) is 86.8 Å². The molecule has 2 rings (SSSR count). The monoisotopic (exact) mass is 525 g/mol. The van der Waals surface area contributed by atoms with E-state index in [1.54, 1.807) is 0 Å². The number of benzene rings is 2. The van der Waals surface area contributed by atoms with Crippen LogP contribution in [0, 0.1) is 0 Å². The predicted molar refractivity (Wildman–Crippen MR) is 134 cm³/mol. The summed E-state index contributed by atoms with van der Waals surface area (Å²) in [5.74, 6) is 1.59. The molecule has 0 unspecified atom stereocenters. The second-order valence-corrected chi connectivity index (χ2v) is 6.73. The van der Waals surface area contributed by atoms with Gasteiger partial charge in [-0.05, 0) is 50.6 Å². The molecule has 0 spiro atoms. The molecule has 0 fully saturated rings. The first-order valence-corrected chi connectivity index (χ1v) is 9.93. The number of nitrogens with zero attached hydrogens (tertiary/aromatic N) is 1. The van der Waals surface area contributed by atoms with Crippen LogP contribution in [0.3, 0.4) is 0 Å². The Hall–Kier alpha value is -2.49. The lowest BCUT2D eigenvalue weighted by Gasteiger charge is -2.12. The zero-order chi connectivity index (χ0) is 20.9. The first kappa shape index (κ1) is 25.5. The van der Waals surface area contributed by atoms with Crippen molar-refractivity contribution in [3.05, 3.63) is 60.2 Å². The number of nitrogens with one attached hydrogen (secondary N) is 4. The second kappa shape index (κ2) is 14.5. The van der Waals surface area contributed by atoms with E-state index in [4.69, 9.17) is 4.74 Å². The predicted octanol–water partition coefficient (Wildman–Crippen LogP) is 3.97. The Bertz CT molecular complexity index is 767. The van der Waals surface area contributed by atoms with Gasteiger partial charge in [-0.25, -0.2) is 9.79 Å². The lowest BCUT2D eigenvalue weighted by atomic mass is 10.2. The summed E-state index contributed by atoms with van der Waals surface area (Å²) in [5, 5.41) is 12.1. The molecule has 164 valence electrons. The molecular weight excluding hydrogens is 493 g/mol. The molecule has 0 aliphatic heterocycles. The Kier molecular flexibility index (Phi) is 12.3. The van der Waals surface area contributed by atoms with Gasteiger partial charge in [0.1, 0.15) is 12.4 Å². The summed E-state index contributed by atoms with van der Waals surface area (Å²) in [6.07, 6.45) is 0. The number of rotatable bonds is 9. The fourth-order valence-corrected chi connectivity index (χ4v) is 2.49. The Morgan fingerprint density at radius 3 is 2.37 bits per heavy atom. The van der Waals surface area contributed by atoms with E-state index in [-0.39, 0.29) is 36.0 Å². The Morgan fingerprint density at radius 2 is 1.73 bits per heavy atom. The number of para-hydroxylation sites is 1. The van der Waals surface area contributed by atoms with Crippen LogP contribution in [0.1, 0.15) is 26.3 Å². The van der Waals surface area contributed by atoms with Crippen LogP contribution in [-0.4, -0.2) is 37.7 Å². The summed E-state index contributed by atoms with van der Waals surface area (Å²) in [6, 6.07) is 17.3. The molecule has 2 aromatic rings. The molecule has 7 nitrogen and oxygen atoms in total. The van der Waals surface area contributed by atoms with E-state index in [2.05, 4.69) is 26.3 Å². The molecule has 30 heavy (non-hydrogen) atoms.